The molecule has 4 rings (SSSR count). The molecule has 1 spiro atoms. The Hall–Kier alpha value is -4.08. The highest BCUT2D eigenvalue weighted by Crippen LogP contribution is 2.34. The van der Waals surface area contributed by atoms with Crippen molar-refractivity contribution in [1.29, 1.82) is 0 Å². The summed E-state index contributed by atoms with van der Waals surface area (Å²) in [6.07, 6.45) is 2.89. The number of carbonyl (C=O) groups is 4. The fraction of sp³-hybridized carbons (Fsp3) is 0.484. The number of urea groups is 1. The molecular weight excluding hydrogens is 522 g/mol. The van der Waals surface area contributed by atoms with E-state index in [0.717, 1.165) is 17.5 Å². The molecule has 2 heterocycles. The lowest BCUT2D eigenvalue weighted by Crippen LogP contribution is -2.73. The molecule has 0 aromatic heterocycles. The van der Waals surface area contributed by atoms with Crippen molar-refractivity contribution in [2.75, 3.05) is 26.2 Å². The van der Waals surface area contributed by atoms with Crippen molar-refractivity contribution in [2.45, 2.75) is 70.2 Å². The molecule has 2 aliphatic heterocycles. The Morgan fingerprint density at radius 2 is 1.61 bits per heavy atom. The number of nitrogens with zero attached hydrogens (tertiary/aromatic N) is 2. The first-order chi connectivity index (χ1) is 19.9. The first kappa shape index (κ1) is 29.9. The van der Waals surface area contributed by atoms with E-state index in [1.807, 2.05) is 67.6 Å². The highest BCUT2D eigenvalue weighted by atomic mass is 16.5. The van der Waals surface area contributed by atoms with Crippen LogP contribution < -0.4 is 16.0 Å². The molecule has 1 unspecified atom stereocenters. The second kappa shape index (κ2) is 14.5. The minimum absolute atomic E-state index is 0.0661. The molecule has 0 saturated carbocycles. The third kappa shape index (κ3) is 7.77. The number of benzene rings is 2. The number of ether oxygens (including phenoxy) is 1. The Bertz CT molecular complexity index is 1170. The van der Waals surface area contributed by atoms with Crippen molar-refractivity contribution >= 4 is 23.9 Å². The Kier molecular flexibility index (Phi) is 10.6. The minimum atomic E-state index is -0.927. The van der Waals surface area contributed by atoms with E-state index < -0.39 is 17.7 Å². The van der Waals surface area contributed by atoms with Crippen LogP contribution in [-0.2, 0) is 27.5 Å². The summed E-state index contributed by atoms with van der Waals surface area (Å²) in [5, 5.41) is 8.67. The maximum absolute atomic E-state index is 13.5. The summed E-state index contributed by atoms with van der Waals surface area (Å²) in [4.78, 5) is 55.2. The number of hydrogen-bond acceptors (Lipinski definition) is 5. The zero-order valence-electron chi connectivity index (χ0n) is 23.8. The quantitative estimate of drug-likeness (QED) is 0.361. The van der Waals surface area contributed by atoms with Gasteiger partial charge in [-0.15, -0.1) is 0 Å². The molecule has 10 heteroatoms. The van der Waals surface area contributed by atoms with Crippen molar-refractivity contribution in [3.8, 4) is 0 Å². The summed E-state index contributed by atoms with van der Waals surface area (Å²) in [6, 6.07) is 18.4. The van der Waals surface area contributed by atoms with Gasteiger partial charge in [0.25, 0.3) is 0 Å². The third-order valence-electron chi connectivity index (χ3n) is 7.82. The van der Waals surface area contributed by atoms with E-state index in [1.165, 1.54) is 0 Å². The van der Waals surface area contributed by atoms with Gasteiger partial charge in [-0.05, 0) is 49.7 Å². The molecule has 2 saturated heterocycles. The van der Waals surface area contributed by atoms with Crippen LogP contribution in [0.3, 0.4) is 0 Å². The minimum Gasteiger partial charge on any atom is -0.445 e. The van der Waals surface area contributed by atoms with Crippen molar-refractivity contribution in [1.82, 2.24) is 25.8 Å². The predicted molar refractivity (Wildman–Crippen MR) is 155 cm³/mol. The Labute approximate surface area is 241 Å². The molecule has 220 valence electrons. The first-order valence-electron chi connectivity index (χ1n) is 14.6. The highest BCUT2D eigenvalue weighted by Gasteiger charge is 2.53. The molecular formula is C31H41N5O5. The molecule has 2 aliphatic rings. The average molecular weight is 564 g/mol. The molecule has 10 nitrogen and oxygen atoms in total. The van der Waals surface area contributed by atoms with E-state index in [4.69, 9.17) is 4.74 Å². The number of alkyl carbamates (subject to hydrolysis) is 1. The standard InChI is InChI=1S/C31H41N5O5/c1-2-19-36-27(37)26(15-9-10-18-32-30(40)41-23-25-13-7-4-8-14-25)34-28(38)31(36)16-20-35(21-17-31)29(39)33-22-24-11-5-3-6-12-24/h3-8,11-14,26H,2,9-10,15-23H2,1H3,(H,32,40)(H,33,39)(H,34,38). The largest absolute Gasteiger partial charge is 0.445 e. The van der Waals surface area contributed by atoms with Gasteiger partial charge in [-0.1, -0.05) is 67.6 Å². The van der Waals surface area contributed by atoms with Crippen molar-refractivity contribution in [3.63, 3.8) is 0 Å². The lowest BCUT2D eigenvalue weighted by molar-refractivity contribution is -0.161. The number of likely N-dealkylation sites (tertiary alicyclic amines) is 1. The fourth-order valence-electron chi connectivity index (χ4n) is 5.52. The molecule has 0 bridgehead atoms. The third-order valence-corrected chi connectivity index (χ3v) is 7.82. The van der Waals surface area contributed by atoms with Gasteiger partial charge < -0.3 is 30.5 Å². The van der Waals surface area contributed by atoms with Gasteiger partial charge in [0.15, 0.2) is 0 Å². The van der Waals surface area contributed by atoms with Gasteiger partial charge in [0, 0.05) is 32.7 Å². The monoisotopic (exact) mass is 563 g/mol. The molecule has 3 N–H and O–H groups in total. The Balaban J connectivity index is 1.22. The molecule has 0 aliphatic carbocycles. The smallest absolute Gasteiger partial charge is 0.407 e. The number of amides is 5. The maximum Gasteiger partial charge on any atom is 0.407 e. The summed E-state index contributed by atoms with van der Waals surface area (Å²) >= 11 is 0. The van der Waals surface area contributed by atoms with Crippen LogP contribution in [0.5, 0.6) is 0 Å². The van der Waals surface area contributed by atoms with Crippen molar-refractivity contribution in [2.24, 2.45) is 0 Å². The van der Waals surface area contributed by atoms with Gasteiger partial charge in [-0.3, -0.25) is 9.59 Å². The lowest BCUT2D eigenvalue weighted by atomic mass is 9.81. The van der Waals surface area contributed by atoms with Gasteiger partial charge in [-0.25, -0.2) is 9.59 Å². The Morgan fingerprint density at radius 1 is 0.951 bits per heavy atom. The maximum atomic E-state index is 13.5. The van der Waals surface area contributed by atoms with Crippen LogP contribution in [0.25, 0.3) is 0 Å². The van der Waals surface area contributed by atoms with Crippen LogP contribution in [-0.4, -0.2) is 71.5 Å². The van der Waals surface area contributed by atoms with Crippen LogP contribution in [0.1, 0.15) is 56.6 Å². The van der Waals surface area contributed by atoms with E-state index in [0.29, 0.717) is 64.8 Å². The average Bonchev–Trinajstić information content (AvgIpc) is 3.00. The van der Waals surface area contributed by atoms with Gasteiger partial charge in [-0.2, -0.15) is 0 Å². The van der Waals surface area contributed by atoms with Crippen LogP contribution in [0.15, 0.2) is 60.7 Å². The van der Waals surface area contributed by atoms with Crippen molar-refractivity contribution < 1.29 is 23.9 Å². The van der Waals surface area contributed by atoms with Gasteiger partial charge in [0.1, 0.15) is 18.2 Å². The van der Waals surface area contributed by atoms with E-state index in [2.05, 4.69) is 16.0 Å². The molecule has 41 heavy (non-hydrogen) atoms. The molecule has 2 aromatic rings. The van der Waals surface area contributed by atoms with E-state index in [1.54, 1.807) is 9.80 Å². The second-order valence-electron chi connectivity index (χ2n) is 10.7. The number of nitrogens with one attached hydrogen (secondary N) is 3. The topological polar surface area (TPSA) is 120 Å². The van der Waals surface area contributed by atoms with Gasteiger partial charge >= 0.3 is 12.1 Å². The summed E-state index contributed by atoms with van der Waals surface area (Å²) in [5.74, 6) is -0.203. The number of piperidine rings is 1. The number of piperazine rings is 1. The zero-order chi connectivity index (χ0) is 29.1. The van der Waals surface area contributed by atoms with Crippen LogP contribution in [0, 0.1) is 0 Å². The number of unbranched alkanes of at least 4 members (excludes halogenated alkanes) is 1. The summed E-state index contributed by atoms with van der Waals surface area (Å²) in [7, 11) is 0. The molecule has 0 radical (unpaired) electrons. The molecule has 5 amide bonds. The molecule has 1 atom stereocenters. The summed E-state index contributed by atoms with van der Waals surface area (Å²) in [6.45, 7) is 4.37. The zero-order valence-corrected chi connectivity index (χ0v) is 23.8. The number of carbonyl (C=O) groups excluding carboxylic acids is 4. The Morgan fingerprint density at radius 3 is 2.27 bits per heavy atom. The molecule has 2 fully saturated rings. The SMILES string of the molecule is CCCN1C(=O)C(CCCCNC(=O)OCc2ccccc2)NC(=O)C12CCN(C(=O)NCc1ccccc1)CC2. The number of rotatable bonds is 11. The normalized spacial score (nSPS) is 18.1. The number of hydrogen-bond donors (Lipinski definition) is 3. The van der Waals surface area contributed by atoms with E-state index >= 15 is 0 Å². The first-order valence-corrected chi connectivity index (χ1v) is 14.6. The fourth-order valence-corrected chi connectivity index (χ4v) is 5.52. The van der Waals surface area contributed by atoms with Crippen molar-refractivity contribution in [3.05, 3.63) is 71.8 Å². The summed E-state index contributed by atoms with van der Waals surface area (Å²) in [5.41, 5.74) is 1.01. The predicted octanol–water partition coefficient (Wildman–Crippen LogP) is 3.56. The van der Waals surface area contributed by atoms with E-state index in [-0.39, 0.29) is 24.5 Å². The van der Waals surface area contributed by atoms with E-state index in [9.17, 15) is 19.2 Å². The van der Waals surface area contributed by atoms with Crippen LogP contribution in [0.4, 0.5) is 9.59 Å². The molecule has 2 aromatic carbocycles. The van der Waals surface area contributed by atoms with Crippen LogP contribution >= 0.6 is 0 Å². The lowest BCUT2D eigenvalue weighted by Gasteiger charge is -2.51. The summed E-state index contributed by atoms with van der Waals surface area (Å²) < 4.78 is 5.22. The van der Waals surface area contributed by atoms with Gasteiger partial charge in [0.05, 0.1) is 0 Å². The highest BCUT2D eigenvalue weighted by molar-refractivity contribution is 6.00. The van der Waals surface area contributed by atoms with Crippen LogP contribution in [0.2, 0.25) is 0 Å². The van der Waals surface area contributed by atoms with Gasteiger partial charge in [0.2, 0.25) is 11.8 Å². The second-order valence-corrected chi connectivity index (χ2v) is 10.7.